The Morgan fingerprint density at radius 1 is 1.23 bits per heavy atom. The monoisotopic (exact) mass is 495 g/mol. The molecular weight excluding hydrogens is 458 g/mol. The third-order valence-electron chi connectivity index (χ3n) is 6.85. The number of thiazole rings is 1. The van der Waals surface area contributed by atoms with E-state index in [0.717, 1.165) is 46.7 Å². The van der Waals surface area contributed by atoms with Crippen LogP contribution in [0.25, 0.3) is 10.4 Å². The number of nitrogens with two attached hydrogens (primary N) is 1. The summed E-state index contributed by atoms with van der Waals surface area (Å²) in [6, 6.07) is 7.29. The second-order valence-corrected chi connectivity index (χ2v) is 11.6. The number of carbonyl (C=O) groups excluding carboxylic acids is 2. The van der Waals surface area contributed by atoms with Gasteiger partial charge in [0, 0.05) is 25.0 Å². The van der Waals surface area contributed by atoms with Crippen molar-refractivity contribution in [3.05, 3.63) is 52.9 Å². The minimum Gasteiger partial charge on any atom is -0.401 e. The predicted molar refractivity (Wildman–Crippen MR) is 140 cm³/mol. The smallest absolute Gasteiger partial charge is 0.246 e. The van der Waals surface area contributed by atoms with Gasteiger partial charge in [0.25, 0.3) is 0 Å². The normalized spacial score (nSPS) is 19.5. The molecule has 0 spiro atoms. The molecule has 2 aliphatic rings. The summed E-state index contributed by atoms with van der Waals surface area (Å²) in [6.07, 6.45) is 5.52. The number of allylic oxidation sites excluding steroid dienone is 1. The summed E-state index contributed by atoms with van der Waals surface area (Å²) in [6.45, 7) is 9.13. The number of likely N-dealkylation sites (tertiary alicyclic amines) is 1. The molecule has 0 unspecified atom stereocenters. The van der Waals surface area contributed by atoms with Gasteiger partial charge < -0.3 is 21.3 Å². The molecule has 1 aromatic carbocycles. The maximum Gasteiger partial charge on any atom is 0.246 e. The molecule has 2 heterocycles. The van der Waals surface area contributed by atoms with Crippen LogP contribution >= 0.6 is 11.3 Å². The lowest BCUT2D eigenvalue weighted by molar-refractivity contribution is -0.141. The van der Waals surface area contributed by atoms with E-state index in [-0.39, 0.29) is 17.2 Å². The highest BCUT2D eigenvalue weighted by molar-refractivity contribution is 7.13. The van der Waals surface area contributed by atoms with Crippen LogP contribution in [0.1, 0.15) is 57.7 Å². The number of amides is 2. The Labute approximate surface area is 212 Å². The van der Waals surface area contributed by atoms with E-state index < -0.39 is 12.1 Å². The van der Waals surface area contributed by atoms with Gasteiger partial charge in [-0.2, -0.15) is 0 Å². The van der Waals surface area contributed by atoms with Gasteiger partial charge >= 0.3 is 0 Å². The van der Waals surface area contributed by atoms with Gasteiger partial charge in [0.2, 0.25) is 11.8 Å². The summed E-state index contributed by atoms with van der Waals surface area (Å²) in [5.74, 6) is 0.293. The summed E-state index contributed by atoms with van der Waals surface area (Å²) < 4.78 is 0. The lowest BCUT2D eigenvalue weighted by Gasteiger charge is -2.35. The molecule has 4 N–H and O–H groups in total. The molecule has 2 aromatic rings. The van der Waals surface area contributed by atoms with Crippen LogP contribution in [0.5, 0.6) is 0 Å². The van der Waals surface area contributed by atoms with Crippen molar-refractivity contribution < 1.29 is 9.59 Å². The van der Waals surface area contributed by atoms with E-state index in [0.29, 0.717) is 25.4 Å². The van der Waals surface area contributed by atoms with Gasteiger partial charge in [0.15, 0.2) is 0 Å². The van der Waals surface area contributed by atoms with E-state index in [1.54, 1.807) is 22.4 Å². The Bertz CT molecular complexity index is 1080. The molecule has 188 valence electrons. The molecule has 8 heteroatoms. The van der Waals surface area contributed by atoms with Gasteiger partial charge in [-0.1, -0.05) is 45.0 Å². The Hall–Kier alpha value is -2.87. The van der Waals surface area contributed by atoms with E-state index in [4.69, 9.17) is 5.73 Å². The first-order valence-electron chi connectivity index (χ1n) is 12.4. The molecule has 1 saturated heterocycles. The quantitative estimate of drug-likeness (QED) is 0.515. The van der Waals surface area contributed by atoms with Gasteiger partial charge in [0.1, 0.15) is 12.1 Å². The molecule has 4 rings (SSSR count). The Morgan fingerprint density at radius 3 is 2.54 bits per heavy atom. The fraction of sp³-hybridized carbons (Fsp3) is 0.519. The SMILES string of the molecule is Cc1ncsc1-c1ccc(CNC(=O)[C@@H]2CCCN2C(=O)[C@@H](N/C=C(\N)C2CC2)C(C)(C)C)cc1. The average Bonchev–Trinajstić information content (AvgIpc) is 3.40. The van der Waals surface area contributed by atoms with Crippen molar-refractivity contribution >= 4 is 23.2 Å². The molecule has 35 heavy (non-hydrogen) atoms. The molecule has 2 atom stereocenters. The molecule has 1 aromatic heterocycles. The van der Waals surface area contributed by atoms with Crippen LogP contribution in [0.3, 0.4) is 0 Å². The van der Waals surface area contributed by atoms with Crippen LogP contribution in [-0.2, 0) is 16.1 Å². The number of nitrogens with one attached hydrogen (secondary N) is 2. The zero-order valence-corrected chi connectivity index (χ0v) is 22.0. The van der Waals surface area contributed by atoms with E-state index in [9.17, 15) is 9.59 Å². The minimum atomic E-state index is -0.448. The highest BCUT2D eigenvalue weighted by atomic mass is 32.1. The number of nitrogens with zero attached hydrogens (tertiary/aromatic N) is 2. The summed E-state index contributed by atoms with van der Waals surface area (Å²) in [4.78, 5) is 33.9. The Kier molecular flexibility index (Phi) is 7.50. The summed E-state index contributed by atoms with van der Waals surface area (Å²) in [5, 5.41) is 6.33. The number of rotatable bonds is 8. The standard InChI is InChI=1S/C27H37N5O2S/c1-17-23(35-16-31-17)20-9-7-18(8-10-20)14-30-25(33)22-6-5-13-32(22)26(34)24(27(2,3)4)29-15-21(28)19-11-12-19/h7-10,15-16,19,22,24,29H,5-6,11-14,28H2,1-4H3,(H,30,33)/b21-15-/t22-,24+/m0/s1. The van der Waals surface area contributed by atoms with Crippen LogP contribution in [-0.4, -0.2) is 40.3 Å². The van der Waals surface area contributed by atoms with Gasteiger partial charge in [-0.05, 0) is 55.1 Å². The maximum atomic E-state index is 13.6. The summed E-state index contributed by atoms with van der Waals surface area (Å²) in [5.41, 5.74) is 11.7. The van der Waals surface area contributed by atoms with Crippen molar-refractivity contribution in [2.45, 2.75) is 72.0 Å². The number of carbonyl (C=O) groups is 2. The molecule has 1 aliphatic heterocycles. The number of benzene rings is 1. The van der Waals surface area contributed by atoms with E-state index in [1.807, 2.05) is 45.3 Å². The van der Waals surface area contributed by atoms with Crippen molar-refractivity contribution in [3.8, 4) is 10.4 Å². The number of aryl methyl sites for hydroxylation is 1. The van der Waals surface area contributed by atoms with Gasteiger partial charge in [0.05, 0.1) is 16.1 Å². The van der Waals surface area contributed by atoms with Crippen LogP contribution < -0.4 is 16.4 Å². The van der Waals surface area contributed by atoms with E-state index >= 15 is 0 Å². The third kappa shape index (κ3) is 6.04. The molecule has 0 radical (unpaired) electrons. The van der Waals surface area contributed by atoms with Gasteiger partial charge in [-0.15, -0.1) is 11.3 Å². The highest BCUT2D eigenvalue weighted by Gasteiger charge is 2.41. The first-order chi connectivity index (χ1) is 16.6. The molecule has 1 saturated carbocycles. The lowest BCUT2D eigenvalue weighted by Crippen LogP contribution is -2.55. The molecule has 7 nitrogen and oxygen atoms in total. The third-order valence-corrected chi connectivity index (χ3v) is 7.82. The van der Waals surface area contributed by atoms with Gasteiger partial charge in [-0.3, -0.25) is 9.59 Å². The van der Waals surface area contributed by atoms with Crippen molar-refractivity contribution in [1.82, 2.24) is 20.5 Å². The minimum absolute atomic E-state index is 0.0423. The largest absolute Gasteiger partial charge is 0.401 e. The number of aromatic nitrogens is 1. The lowest BCUT2D eigenvalue weighted by atomic mass is 9.85. The van der Waals surface area contributed by atoms with Crippen molar-refractivity contribution in [2.75, 3.05) is 6.54 Å². The Balaban J connectivity index is 1.38. The van der Waals surface area contributed by atoms with Crippen molar-refractivity contribution in [1.29, 1.82) is 0 Å². The van der Waals surface area contributed by atoms with Crippen molar-refractivity contribution in [3.63, 3.8) is 0 Å². The number of hydrogen-bond acceptors (Lipinski definition) is 6. The Morgan fingerprint density at radius 2 is 1.94 bits per heavy atom. The zero-order valence-electron chi connectivity index (χ0n) is 21.1. The second-order valence-electron chi connectivity index (χ2n) is 10.8. The molecule has 2 amide bonds. The summed E-state index contributed by atoms with van der Waals surface area (Å²) >= 11 is 1.63. The van der Waals surface area contributed by atoms with Crippen LogP contribution in [0.15, 0.2) is 41.7 Å². The predicted octanol–water partition coefficient (Wildman–Crippen LogP) is 3.94. The fourth-order valence-corrected chi connectivity index (χ4v) is 5.35. The van der Waals surface area contributed by atoms with Gasteiger partial charge in [-0.25, -0.2) is 4.98 Å². The summed E-state index contributed by atoms with van der Waals surface area (Å²) in [7, 11) is 0. The maximum absolute atomic E-state index is 13.6. The van der Waals surface area contributed by atoms with Crippen LogP contribution in [0.2, 0.25) is 0 Å². The highest BCUT2D eigenvalue weighted by Crippen LogP contribution is 2.34. The zero-order chi connectivity index (χ0) is 25.2. The fourth-order valence-electron chi connectivity index (χ4n) is 4.53. The molecule has 2 fully saturated rings. The van der Waals surface area contributed by atoms with E-state index in [2.05, 4.69) is 27.8 Å². The number of hydrogen-bond donors (Lipinski definition) is 3. The first-order valence-corrected chi connectivity index (χ1v) is 13.3. The molecule has 0 bridgehead atoms. The van der Waals surface area contributed by atoms with E-state index in [1.165, 1.54) is 0 Å². The topological polar surface area (TPSA) is 100 Å². The van der Waals surface area contributed by atoms with Crippen LogP contribution in [0.4, 0.5) is 0 Å². The first kappa shape index (κ1) is 25.2. The molecule has 1 aliphatic carbocycles. The average molecular weight is 496 g/mol. The van der Waals surface area contributed by atoms with Crippen LogP contribution in [0, 0.1) is 18.3 Å². The van der Waals surface area contributed by atoms with Crippen molar-refractivity contribution in [2.24, 2.45) is 17.1 Å². The second kappa shape index (κ2) is 10.4. The molecular formula is C27H37N5O2S.